The highest BCUT2D eigenvalue weighted by molar-refractivity contribution is 5.85. The van der Waals surface area contributed by atoms with Gasteiger partial charge in [-0.2, -0.15) is 0 Å². The second-order valence-electron chi connectivity index (χ2n) is 5.06. The van der Waals surface area contributed by atoms with Crippen molar-refractivity contribution in [2.45, 2.75) is 20.0 Å². The van der Waals surface area contributed by atoms with E-state index in [2.05, 4.69) is 70.9 Å². The number of anilines is 1. The molecule has 0 N–H and O–H groups in total. The lowest BCUT2D eigenvalue weighted by Gasteiger charge is -2.20. The van der Waals surface area contributed by atoms with Gasteiger partial charge in [0.1, 0.15) is 0 Å². The first kappa shape index (κ1) is 12.7. The van der Waals surface area contributed by atoms with Crippen LogP contribution in [0.3, 0.4) is 0 Å². The van der Waals surface area contributed by atoms with Crippen LogP contribution in [0.25, 0.3) is 10.8 Å². The zero-order valence-electron chi connectivity index (χ0n) is 12.0. The summed E-state index contributed by atoms with van der Waals surface area (Å²) in [6, 6.07) is 15.0. The van der Waals surface area contributed by atoms with Gasteiger partial charge in [0.15, 0.2) is 0 Å². The lowest BCUT2D eigenvalue weighted by Crippen LogP contribution is -2.18. The minimum Gasteiger partial charge on any atom is -0.369 e. The Labute approximate surface area is 119 Å². The van der Waals surface area contributed by atoms with Gasteiger partial charge in [0.25, 0.3) is 0 Å². The van der Waals surface area contributed by atoms with Crippen molar-refractivity contribution >= 4 is 16.5 Å². The standard InChI is InChI=1S/C17H19N3/c1-3-20-13-18-11-17(20)12-19(2)16-9-8-14-6-4-5-7-15(14)10-16/h4-11,13H,3,12H2,1-2H3. The molecule has 0 saturated heterocycles. The fourth-order valence-corrected chi connectivity index (χ4v) is 2.51. The molecule has 0 bridgehead atoms. The number of aromatic nitrogens is 2. The molecule has 1 aromatic heterocycles. The van der Waals surface area contributed by atoms with Crippen LogP contribution in [0.5, 0.6) is 0 Å². The average molecular weight is 265 g/mol. The number of benzene rings is 2. The third kappa shape index (κ3) is 2.39. The van der Waals surface area contributed by atoms with Gasteiger partial charge in [-0.25, -0.2) is 4.98 Å². The number of rotatable bonds is 4. The molecule has 2 aromatic carbocycles. The van der Waals surface area contributed by atoms with Crippen LogP contribution in [-0.4, -0.2) is 16.6 Å². The first-order valence-corrected chi connectivity index (χ1v) is 6.97. The minimum absolute atomic E-state index is 0.867. The predicted octanol–water partition coefficient (Wildman–Crippen LogP) is 3.69. The molecule has 1 heterocycles. The largest absolute Gasteiger partial charge is 0.369 e. The number of hydrogen-bond acceptors (Lipinski definition) is 2. The Hall–Kier alpha value is -2.29. The lowest BCUT2D eigenvalue weighted by molar-refractivity contribution is 0.700. The molecule has 0 aliphatic heterocycles. The predicted molar refractivity (Wildman–Crippen MR) is 84.0 cm³/mol. The van der Waals surface area contributed by atoms with Crippen molar-refractivity contribution < 1.29 is 0 Å². The van der Waals surface area contributed by atoms with Crippen LogP contribution in [0.4, 0.5) is 5.69 Å². The van der Waals surface area contributed by atoms with E-state index >= 15 is 0 Å². The van der Waals surface area contributed by atoms with Crippen molar-refractivity contribution in [3.63, 3.8) is 0 Å². The summed E-state index contributed by atoms with van der Waals surface area (Å²) in [7, 11) is 2.12. The molecule has 20 heavy (non-hydrogen) atoms. The van der Waals surface area contributed by atoms with Crippen molar-refractivity contribution in [1.82, 2.24) is 9.55 Å². The van der Waals surface area contributed by atoms with E-state index in [0.717, 1.165) is 13.1 Å². The highest BCUT2D eigenvalue weighted by Gasteiger charge is 2.06. The summed E-state index contributed by atoms with van der Waals surface area (Å²) in [6.45, 7) is 3.97. The highest BCUT2D eigenvalue weighted by Crippen LogP contribution is 2.22. The Morgan fingerprint density at radius 2 is 1.90 bits per heavy atom. The summed E-state index contributed by atoms with van der Waals surface area (Å²) >= 11 is 0. The second-order valence-corrected chi connectivity index (χ2v) is 5.06. The Balaban J connectivity index is 1.86. The van der Waals surface area contributed by atoms with E-state index in [1.165, 1.54) is 22.2 Å². The molecule has 3 rings (SSSR count). The van der Waals surface area contributed by atoms with Crippen molar-refractivity contribution in [3.8, 4) is 0 Å². The summed E-state index contributed by atoms with van der Waals surface area (Å²) in [5, 5.41) is 2.56. The summed E-state index contributed by atoms with van der Waals surface area (Å²) < 4.78 is 2.18. The molecule has 0 radical (unpaired) electrons. The molecule has 3 heteroatoms. The first-order chi connectivity index (χ1) is 9.78. The van der Waals surface area contributed by atoms with Gasteiger partial charge in [-0.15, -0.1) is 0 Å². The Morgan fingerprint density at radius 3 is 2.70 bits per heavy atom. The second kappa shape index (κ2) is 5.37. The van der Waals surface area contributed by atoms with E-state index in [0.29, 0.717) is 0 Å². The molecule has 0 aliphatic rings. The monoisotopic (exact) mass is 265 g/mol. The van der Waals surface area contributed by atoms with E-state index in [9.17, 15) is 0 Å². The van der Waals surface area contributed by atoms with Crippen LogP contribution >= 0.6 is 0 Å². The van der Waals surface area contributed by atoms with Crippen molar-refractivity contribution in [1.29, 1.82) is 0 Å². The molecule has 3 aromatic rings. The maximum absolute atomic E-state index is 4.23. The number of aryl methyl sites for hydroxylation is 1. The van der Waals surface area contributed by atoms with Gasteiger partial charge in [-0.1, -0.05) is 30.3 Å². The quantitative estimate of drug-likeness (QED) is 0.717. The summed E-state index contributed by atoms with van der Waals surface area (Å²) in [5.74, 6) is 0. The van der Waals surface area contributed by atoms with Crippen LogP contribution in [0.15, 0.2) is 55.0 Å². The molecule has 0 saturated carbocycles. The third-order valence-corrected chi connectivity index (χ3v) is 3.71. The van der Waals surface area contributed by atoms with Crippen molar-refractivity contribution in [2.75, 3.05) is 11.9 Å². The number of fused-ring (bicyclic) bond motifs is 1. The van der Waals surface area contributed by atoms with Crippen LogP contribution in [0, 0.1) is 0 Å². The summed E-state index contributed by atoms with van der Waals surface area (Å²) in [4.78, 5) is 6.49. The molecule has 0 unspecified atom stereocenters. The maximum atomic E-state index is 4.23. The zero-order chi connectivity index (χ0) is 13.9. The lowest BCUT2D eigenvalue weighted by atomic mass is 10.1. The molecule has 0 atom stereocenters. The Kier molecular flexibility index (Phi) is 3.42. The van der Waals surface area contributed by atoms with Gasteiger partial charge >= 0.3 is 0 Å². The first-order valence-electron chi connectivity index (χ1n) is 6.97. The van der Waals surface area contributed by atoms with Crippen LogP contribution in [0.1, 0.15) is 12.6 Å². The summed E-state index contributed by atoms with van der Waals surface area (Å²) in [6.07, 6.45) is 3.84. The molecule has 3 nitrogen and oxygen atoms in total. The number of imidazole rings is 1. The highest BCUT2D eigenvalue weighted by atomic mass is 15.1. The summed E-state index contributed by atoms with van der Waals surface area (Å²) in [5.41, 5.74) is 2.47. The third-order valence-electron chi connectivity index (χ3n) is 3.71. The molecule has 0 aliphatic carbocycles. The normalized spacial score (nSPS) is 10.9. The van der Waals surface area contributed by atoms with Gasteiger partial charge in [-0.3, -0.25) is 0 Å². The SMILES string of the molecule is CCn1cncc1CN(C)c1ccc2ccccc2c1. The van der Waals surface area contributed by atoms with E-state index in [-0.39, 0.29) is 0 Å². The smallest absolute Gasteiger partial charge is 0.0948 e. The van der Waals surface area contributed by atoms with Crippen LogP contribution < -0.4 is 4.90 Å². The van der Waals surface area contributed by atoms with E-state index in [1.54, 1.807) is 0 Å². The fourth-order valence-electron chi connectivity index (χ4n) is 2.51. The van der Waals surface area contributed by atoms with Gasteiger partial charge in [0.05, 0.1) is 18.6 Å². The minimum atomic E-state index is 0.867. The Morgan fingerprint density at radius 1 is 1.10 bits per heavy atom. The molecular weight excluding hydrogens is 246 g/mol. The van der Waals surface area contributed by atoms with Gasteiger partial charge in [0.2, 0.25) is 0 Å². The average Bonchev–Trinajstić information content (AvgIpc) is 2.94. The molecular formula is C17H19N3. The van der Waals surface area contributed by atoms with Crippen LogP contribution in [0.2, 0.25) is 0 Å². The van der Waals surface area contributed by atoms with Gasteiger partial charge in [-0.05, 0) is 29.8 Å². The van der Waals surface area contributed by atoms with Crippen molar-refractivity contribution in [3.05, 3.63) is 60.7 Å². The van der Waals surface area contributed by atoms with Crippen LogP contribution in [-0.2, 0) is 13.1 Å². The number of hydrogen-bond donors (Lipinski definition) is 0. The Bertz CT molecular complexity index is 715. The molecule has 0 spiro atoms. The number of nitrogens with zero attached hydrogens (tertiary/aromatic N) is 3. The zero-order valence-corrected chi connectivity index (χ0v) is 12.0. The molecule has 102 valence electrons. The van der Waals surface area contributed by atoms with Gasteiger partial charge in [0, 0.05) is 25.5 Å². The molecule has 0 amide bonds. The van der Waals surface area contributed by atoms with Gasteiger partial charge < -0.3 is 9.47 Å². The topological polar surface area (TPSA) is 21.1 Å². The van der Waals surface area contributed by atoms with E-state index in [1.807, 2.05) is 12.5 Å². The fraction of sp³-hybridized carbons (Fsp3) is 0.235. The van der Waals surface area contributed by atoms with E-state index in [4.69, 9.17) is 0 Å². The van der Waals surface area contributed by atoms with E-state index < -0.39 is 0 Å². The van der Waals surface area contributed by atoms with Crippen molar-refractivity contribution in [2.24, 2.45) is 0 Å². The maximum Gasteiger partial charge on any atom is 0.0948 e. The molecule has 0 fully saturated rings.